The summed E-state index contributed by atoms with van der Waals surface area (Å²) in [4.78, 5) is 0. The zero-order valence-electron chi connectivity index (χ0n) is 14.0. The number of aliphatic hydroxyl groups is 1. The minimum Gasteiger partial charge on any atom is -0.389 e. The van der Waals surface area contributed by atoms with Crippen LogP contribution in [0.25, 0.3) is 0 Å². The molecule has 0 amide bonds. The Morgan fingerprint density at radius 2 is 1.57 bits per heavy atom. The second-order valence-corrected chi connectivity index (χ2v) is 6.07. The van der Waals surface area contributed by atoms with E-state index < -0.39 is 23.2 Å². The molecule has 0 saturated heterocycles. The van der Waals surface area contributed by atoms with Crippen LogP contribution < -0.4 is 5.73 Å². The van der Waals surface area contributed by atoms with Crippen LogP contribution in [-0.4, -0.2) is 30.3 Å². The lowest BCUT2D eigenvalue weighted by atomic mass is 9.80. The summed E-state index contributed by atoms with van der Waals surface area (Å²) < 4.78 is 36.0. The SMILES string of the molecule is CC.CC(C)(N)C(C)(C)O.[B]C1=CCC(C(F)(F)F)CC1. The largest absolute Gasteiger partial charge is 0.392 e. The summed E-state index contributed by atoms with van der Waals surface area (Å²) in [6, 6.07) is 0. The maximum atomic E-state index is 12.0. The van der Waals surface area contributed by atoms with Crippen molar-refractivity contribution < 1.29 is 18.3 Å². The molecule has 124 valence electrons. The third-order valence-electron chi connectivity index (χ3n) is 3.49. The lowest BCUT2D eigenvalue weighted by Gasteiger charge is -2.32. The summed E-state index contributed by atoms with van der Waals surface area (Å²) >= 11 is 0. The standard InChI is InChI=1S/C7H8BF3.C6H15NO.C2H6/c8-6-3-1-5(2-4-6)7(9,10)11;1-5(2,7)6(3,4)8;1-2/h3,5H,1-2,4H2;8H,7H2,1-4H3;1-2H3. The highest BCUT2D eigenvalue weighted by molar-refractivity contribution is 6.21. The van der Waals surface area contributed by atoms with Crippen molar-refractivity contribution in [2.75, 3.05) is 0 Å². The predicted octanol–water partition coefficient (Wildman–Crippen LogP) is 3.92. The molecule has 21 heavy (non-hydrogen) atoms. The molecule has 0 saturated carbocycles. The Morgan fingerprint density at radius 1 is 1.19 bits per heavy atom. The number of hydrogen-bond acceptors (Lipinski definition) is 2. The molecule has 1 atom stereocenters. The molecule has 2 nitrogen and oxygen atoms in total. The third kappa shape index (κ3) is 9.96. The van der Waals surface area contributed by atoms with Crippen molar-refractivity contribution in [1.29, 1.82) is 0 Å². The van der Waals surface area contributed by atoms with Gasteiger partial charge in [0, 0.05) is 5.54 Å². The number of allylic oxidation sites excluding steroid dienone is 2. The summed E-state index contributed by atoms with van der Waals surface area (Å²) in [6.45, 7) is 11.0. The van der Waals surface area contributed by atoms with E-state index in [-0.39, 0.29) is 12.8 Å². The first-order valence-corrected chi connectivity index (χ1v) is 7.27. The van der Waals surface area contributed by atoms with Crippen LogP contribution >= 0.6 is 0 Å². The van der Waals surface area contributed by atoms with Crippen LogP contribution in [-0.2, 0) is 0 Å². The van der Waals surface area contributed by atoms with Gasteiger partial charge in [0.25, 0.3) is 0 Å². The van der Waals surface area contributed by atoms with E-state index in [0.29, 0.717) is 11.9 Å². The van der Waals surface area contributed by atoms with Gasteiger partial charge in [-0.15, -0.1) is 5.47 Å². The van der Waals surface area contributed by atoms with Gasteiger partial charge in [-0.2, -0.15) is 13.2 Å². The average molecular weight is 307 g/mol. The molecular formula is C15H29BF3NO. The fraction of sp³-hybridized carbons (Fsp3) is 0.867. The van der Waals surface area contributed by atoms with E-state index >= 15 is 0 Å². The minimum atomic E-state index is -4.04. The van der Waals surface area contributed by atoms with E-state index in [1.54, 1.807) is 27.7 Å². The van der Waals surface area contributed by atoms with Gasteiger partial charge in [-0.1, -0.05) is 19.9 Å². The molecule has 0 fully saturated rings. The molecule has 0 aromatic heterocycles. The summed E-state index contributed by atoms with van der Waals surface area (Å²) in [5, 5.41) is 9.23. The first kappa shape index (κ1) is 22.8. The molecule has 3 N–H and O–H groups in total. The van der Waals surface area contributed by atoms with E-state index in [1.807, 2.05) is 13.8 Å². The molecule has 0 bridgehead atoms. The van der Waals surface area contributed by atoms with Crippen molar-refractivity contribution >= 4 is 7.85 Å². The summed E-state index contributed by atoms with van der Waals surface area (Å²) in [5.74, 6) is -1.17. The first-order valence-electron chi connectivity index (χ1n) is 7.27. The van der Waals surface area contributed by atoms with Crippen LogP contribution in [0.5, 0.6) is 0 Å². The van der Waals surface area contributed by atoms with Gasteiger partial charge in [0.05, 0.1) is 11.5 Å². The highest BCUT2D eigenvalue weighted by Crippen LogP contribution is 2.36. The molecule has 0 heterocycles. The zero-order valence-corrected chi connectivity index (χ0v) is 14.0. The quantitative estimate of drug-likeness (QED) is 0.721. The molecule has 2 radical (unpaired) electrons. The molecule has 6 heteroatoms. The van der Waals surface area contributed by atoms with Crippen molar-refractivity contribution in [3.8, 4) is 0 Å². The smallest absolute Gasteiger partial charge is 0.389 e. The van der Waals surface area contributed by atoms with E-state index in [1.165, 1.54) is 6.08 Å². The molecule has 1 rings (SSSR count). The maximum absolute atomic E-state index is 12.0. The normalized spacial score (nSPS) is 19.6. The van der Waals surface area contributed by atoms with Crippen LogP contribution in [0.2, 0.25) is 0 Å². The minimum absolute atomic E-state index is 0.0509. The number of hydrogen-bond donors (Lipinski definition) is 2. The van der Waals surface area contributed by atoms with Crippen LogP contribution in [0.15, 0.2) is 11.5 Å². The van der Waals surface area contributed by atoms with E-state index in [9.17, 15) is 18.3 Å². The maximum Gasteiger partial charge on any atom is 0.392 e. The summed E-state index contributed by atoms with van der Waals surface area (Å²) in [7, 11) is 5.33. The van der Waals surface area contributed by atoms with E-state index in [0.717, 1.165) is 0 Å². The first-order chi connectivity index (χ1) is 9.25. The Balaban J connectivity index is 0. The lowest BCUT2D eigenvalue weighted by Crippen LogP contribution is -2.52. The molecule has 1 aliphatic rings. The highest BCUT2D eigenvalue weighted by Gasteiger charge is 2.39. The van der Waals surface area contributed by atoms with Crippen LogP contribution in [0.4, 0.5) is 13.2 Å². The summed E-state index contributed by atoms with van der Waals surface area (Å²) in [6.07, 6.45) is -2.00. The number of halogens is 3. The van der Waals surface area contributed by atoms with Crippen molar-refractivity contribution in [3.05, 3.63) is 11.5 Å². The van der Waals surface area contributed by atoms with Crippen molar-refractivity contribution in [1.82, 2.24) is 0 Å². The van der Waals surface area contributed by atoms with Gasteiger partial charge in [-0.3, -0.25) is 0 Å². The van der Waals surface area contributed by atoms with Gasteiger partial charge in [-0.25, -0.2) is 0 Å². The van der Waals surface area contributed by atoms with Gasteiger partial charge < -0.3 is 10.8 Å². The van der Waals surface area contributed by atoms with Crippen LogP contribution in [0, 0.1) is 5.92 Å². The monoisotopic (exact) mass is 307 g/mol. The Bertz CT molecular complexity index is 302. The van der Waals surface area contributed by atoms with Crippen molar-refractivity contribution in [3.63, 3.8) is 0 Å². The molecule has 0 aliphatic heterocycles. The predicted molar refractivity (Wildman–Crippen MR) is 83.1 cm³/mol. The molecule has 1 unspecified atom stereocenters. The lowest BCUT2D eigenvalue weighted by molar-refractivity contribution is -0.176. The Labute approximate surface area is 128 Å². The fourth-order valence-corrected chi connectivity index (χ4v) is 1.15. The fourth-order valence-electron chi connectivity index (χ4n) is 1.15. The number of alkyl halides is 3. The number of rotatable bonds is 1. The summed E-state index contributed by atoms with van der Waals surface area (Å²) in [5.41, 5.74) is 4.86. The third-order valence-corrected chi connectivity index (χ3v) is 3.49. The molecular weight excluding hydrogens is 278 g/mol. The van der Waals surface area contributed by atoms with Gasteiger partial charge in [0.1, 0.15) is 7.85 Å². The van der Waals surface area contributed by atoms with Crippen molar-refractivity contribution in [2.24, 2.45) is 11.7 Å². The van der Waals surface area contributed by atoms with Crippen LogP contribution in [0.3, 0.4) is 0 Å². The topological polar surface area (TPSA) is 46.2 Å². The van der Waals surface area contributed by atoms with Gasteiger partial charge in [0.2, 0.25) is 0 Å². The van der Waals surface area contributed by atoms with Crippen LogP contribution in [0.1, 0.15) is 60.8 Å². The molecule has 0 spiro atoms. The Hall–Kier alpha value is -0.485. The van der Waals surface area contributed by atoms with Gasteiger partial charge in [-0.05, 0) is 47.0 Å². The van der Waals surface area contributed by atoms with Gasteiger partial charge >= 0.3 is 6.18 Å². The zero-order chi connectivity index (χ0) is 17.5. The average Bonchev–Trinajstić information content (AvgIpc) is 2.29. The highest BCUT2D eigenvalue weighted by atomic mass is 19.4. The second-order valence-electron chi connectivity index (χ2n) is 6.07. The van der Waals surface area contributed by atoms with E-state index in [2.05, 4.69) is 0 Å². The van der Waals surface area contributed by atoms with Gasteiger partial charge in [0.15, 0.2) is 0 Å². The van der Waals surface area contributed by atoms with E-state index in [4.69, 9.17) is 13.6 Å². The number of nitrogens with two attached hydrogens (primary N) is 1. The second kappa shape index (κ2) is 8.84. The van der Waals surface area contributed by atoms with Crippen molar-refractivity contribution in [2.45, 2.75) is 78.1 Å². The molecule has 1 aliphatic carbocycles. The molecule has 0 aromatic rings. The Morgan fingerprint density at radius 3 is 1.76 bits per heavy atom. The molecule has 0 aromatic carbocycles. The Kier molecular flexibility index (Phi) is 9.59.